The fourth-order valence-electron chi connectivity index (χ4n) is 2.55. The molecule has 0 spiro atoms. The van der Waals surface area contributed by atoms with Crippen LogP contribution in [0.2, 0.25) is 0 Å². The molecule has 0 aromatic heterocycles. The van der Waals surface area contributed by atoms with Crippen LogP contribution in [0.4, 0.5) is 0 Å². The first kappa shape index (κ1) is 11.2. The smallest absolute Gasteiger partial charge is 0.0603 e. The van der Waals surface area contributed by atoms with Crippen LogP contribution >= 0.6 is 0 Å². The van der Waals surface area contributed by atoms with Crippen LogP contribution in [0.3, 0.4) is 0 Å². The molecule has 1 aromatic carbocycles. The monoisotopic (exact) mass is 213 g/mol. The second kappa shape index (κ2) is 4.31. The quantitative estimate of drug-likeness (QED) is 0.698. The minimum Gasteiger partial charge on any atom is -0.286 e. The van der Waals surface area contributed by atoms with Gasteiger partial charge in [-0.3, -0.25) is 4.90 Å². The lowest BCUT2D eigenvalue weighted by molar-refractivity contribution is 0.0463. The molecule has 0 radical (unpaired) electrons. The van der Waals surface area contributed by atoms with Crippen LogP contribution in [0.15, 0.2) is 24.3 Å². The number of rotatable bonds is 3. The number of benzene rings is 1. The average Bonchev–Trinajstić information content (AvgIpc) is 2.19. The molecule has 1 aliphatic rings. The summed E-state index contributed by atoms with van der Waals surface area (Å²) >= 11 is 0. The van der Waals surface area contributed by atoms with E-state index < -0.39 is 0 Å². The maximum atomic E-state index is 5.42. The molecule has 1 aliphatic carbocycles. The number of hydrogen-bond acceptors (Lipinski definition) is 1. The first-order chi connectivity index (χ1) is 7.69. The summed E-state index contributed by atoms with van der Waals surface area (Å²) < 4.78 is 0. The first-order valence-corrected chi connectivity index (χ1v) is 5.91. The summed E-state index contributed by atoms with van der Waals surface area (Å²) in [4.78, 5) is 2.32. The van der Waals surface area contributed by atoms with E-state index in [4.69, 9.17) is 6.42 Å². The molecule has 1 fully saturated rings. The maximum Gasteiger partial charge on any atom is 0.0603 e. The second-order valence-corrected chi connectivity index (χ2v) is 4.81. The van der Waals surface area contributed by atoms with Crippen molar-refractivity contribution in [2.45, 2.75) is 31.7 Å². The fourth-order valence-corrected chi connectivity index (χ4v) is 2.55. The molecule has 2 rings (SSSR count). The molecule has 16 heavy (non-hydrogen) atoms. The van der Waals surface area contributed by atoms with Gasteiger partial charge in [0, 0.05) is 5.54 Å². The van der Waals surface area contributed by atoms with Crippen molar-refractivity contribution >= 4 is 0 Å². The molecule has 0 N–H and O–H groups in total. The van der Waals surface area contributed by atoms with Crippen LogP contribution in [0.1, 0.15) is 30.4 Å². The Bertz CT molecular complexity index is 392. The van der Waals surface area contributed by atoms with E-state index in [2.05, 4.69) is 49.1 Å². The molecule has 0 amide bonds. The average molecular weight is 213 g/mol. The molecule has 84 valence electrons. The largest absolute Gasteiger partial charge is 0.286 e. The molecular weight excluding hydrogens is 194 g/mol. The van der Waals surface area contributed by atoms with Crippen molar-refractivity contribution in [1.29, 1.82) is 0 Å². The summed E-state index contributed by atoms with van der Waals surface area (Å²) in [6.45, 7) is 2.86. The van der Waals surface area contributed by atoms with E-state index in [1.807, 2.05) is 0 Å². The van der Waals surface area contributed by atoms with E-state index >= 15 is 0 Å². The molecule has 0 saturated heterocycles. The topological polar surface area (TPSA) is 3.24 Å². The Morgan fingerprint density at radius 2 is 1.94 bits per heavy atom. The lowest BCUT2D eigenvalue weighted by Gasteiger charge is -2.48. The molecule has 0 unspecified atom stereocenters. The van der Waals surface area contributed by atoms with Gasteiger partial charge in [0.2, 0.25) is 0 Å². The highest BCUT2D eigenvalue weighted by Crippen LogP contribution is 2.45. The Labute approximate surface area is 98.5 Å². The summed E-state index contributed by atoms with van der Waals surface area (Å²) in [5, 5.41) is 0. The number of nitrogens with zero attached hydrogens (tertiary/aromatic N) is 1. The number of terminal acetylenes is 1. The SMILES string of the molecule is C#CCN(C)C1(c2ccc(C)cc2)CCC1. The number of hydrogen-bond donors (Lipinski definition) is 0. The highest BCUT2D eigenvalue weighted by Gasteiger charge is 2.41. The summed E-state index contributed by atoms with van der Waals surface area (Å²) in [7, 11) is 2.14. The zero-order valence-electron chi connectivity index (χ0n) is 10.2. The van der Waals surface area contributed by atoms with Crippen molar-refractivity contribution in [3.8, 4) is 12.3 Å². The van der Waals surface area contributed by atoms with Crippen LogP contribution < -0.4 is 0 Å². The van der Waals surface area contributed by atoms with Gasteiger partial charge in [0.15, 0.2) is 0 Å². The van der Waals surface area contributed by atoms with Gasteiger partial charge in [-0.1, -0.05) is 35.7 Å². The predicted octanol–water partition coefficient (Wildman–Crippen LogP) is 2.94. The molecular formula is C15H19N. The van der Waals surface area contributed by atoms with E-state index in [1.54, 1.807) is 0 Å². The van der Waals surface area contributed by atoms with Gasteiger partial charge < -0.3 is 0 Å². The Balaban J connectivity index is 2.28. The van der Waals surface area contributed by atoms with Crippen molar-refractivity contribution in [2.75, 3.05) is 13.6 Å². The molecule has 0 heterocycles. The van der Waals surface area contributed by atoms with Gasteiger partial charge in [0.25, 0.3) is 0 Å². The van der Waals surface area contributed by atoms with E-state index in [9.17, 15) is 0 Å². The minimum atomic E-state index is 0.208. The third-order valence-electron chi connectivity index (χ3n) is 3.83. The van der Waals surface area contributed by atoms with Gasteiger partial charge >= 0.3 is 0 Å². The minimum absolute atomic E-state index is 0.208. The maximum absolute atomic E-state index is 5.42. The number of aryl methyl sites for hydroxylation is 1. The lowest BCUT2D eigenvalue weighted by atomic mass is 9.70. The highest BCUT2D eigenvalue weighted by molar-refractivity contribution is 5.30. The van der Waals surface area contributed by atoms with Gasteiger partial charge in [-0.05, 0) is 38.8 Å². The van der Waals surface area contributed by atoms with Crippen molar-refractivity contribution in [3.05, 3.63) is 35.4 Å². The molecule has 1 saturated carbocycles. The molecule has 1 heteroatoms. The van der Waals surface area contributed by atoms with Gasteiger partial charge in [0.1, 0.15) is 0 Å². The molecule has 1 nitrogen and oxygen atoms in total. The Hall–Kier alpha value is -1.26. The van der Waals surface area contributed by atoms with Crippen molar-refractivity contribution in [1.82, 2.24) is 4.90 Å². The van der Waals surface area contributed by atoms with Crippen molar-refractivity contribution in [2.24, 2.45) is 0 Å². The van der Waals surface area contributed by atoms with Gasteiger partial charge in [0.05, 0.1) is 6.54 Å². The van der Waals surface area contributed by atoms with Crippen LogP contribution in [-0.2, 0) is 5.54 Å². The zero-order chi connectivity index (χ0) is 11.6. The summed E-state index contributed by atoms with van der Waals surface area (Å²) in [5.41, 5.74) is 2.94. The summed E-state index contributed by atoms with van der Waals surface area (Å²) in [5.74, 6) is 2.75. The van der Waals surface area contributed by atoms with Crippen LogP contribution in [-0.4, -0.2) is 18.5 Å². The third-order valence-corrected chi connectivity index (χ3v) is 3.83. The fraction of sp³-hybridized carbons (Fsp3) is 0.467. The summed E-state index contributed by atoms with van der Waals surface area (Å²) in [6, 6.07) is 8.89. The van der Waals surface area contributed by atoms with Gasteiger partial charge in [-0.2, -0.15) is 0 Å². The predicted molar refractivity (Wildman–Crippen MR) is 68.2 cm³/mol. The van der Waals surface area contributed by atoms with Crippen LogP contribution in [0.5, 0.6) is 0 Å². The lowest BCUT2D eigenvalue weighted by Crippen LogP contribution is -2.49. The van der Waals surface area contributed by atoms with Crippen LogP contribution in [0.25, 0.3) is 0 Å². The van der Waals surface area contributed by atoms with E-state index in [-0.39, 0.29) is 5.54 Å². The molecule has 1 aromatic rings. The summed E-state index contributed by atoms with van der Waals surface area (Å²) in [6.07, 6.45) is 9.18. The molecule has 0 bridgehead atoms. The Morgan fingerprint density at radius 3 is 2.38 bits per heavy atom. The standard InChI is InChI=1S/C15H19N/c1-4-12-16(3)15(10-5-11-15)14-8-6-13(2)7-9-14/h1,6-9H,5,10-12H2,2-3H3. The normalized spacial score (nSPS) is 17.9. The first-order valence-electron chi connectivity index (χ1n) is 5.91. The Morgan fingerprint density at radius 1 is 1.31 bits per heavy atom. The molecule has 0 atom stereocenters. The van der Waals surface area contributed by atoms with Crippen LogP contribution in [0, 0.1) is 19.3 Å². The van der Waals surface area contributed by atoms with E-state index in [1.165, 1.54) is 30.4 Å². The third kappa shape index (κ3) is 1.74. The van der Waals surface area contributed by atoms with Gasteiger partial charge in [-0.15, -0.1) is 6.42 Å². The Kier molecular flexibility index (Phi) is 3.03. The zero-order valence-corrected chi connectivity index (χ0v) is 10.2. The van der Waals surface area contributed by atoms with Crippen molar-refractivity contribution < 1.29 is 0 Å². The second-order valence-electron chi connectivity index (χ2n) is 4.81. The van der Waals surface area contributed by atoms with E-state index in [0.717, 1.165) is 6.54 Å². The highest BCUT2D eigenvalue weighted by atomic mass is 15.2. The molecule has 0 aliphatic heterocycles. The van der Waals surface area contributed by atoms with E-state index in [0.29, 0.717) is 0 Å². The van der Waals surface area contributed by atoms with Gasteiger partial charge in [-0.25, -0.2) is 0 Å². The van der Waals surface area contributed by atoms with Crippen molar-refractivity contribution in [3.63, 3.8) is 0 Å².